The molecule has 0 radical (unpaired) electrons. The van der Waals surface area contributed by atoms with Gasteiger partial charge in [0, 0.05) is 10.9 Å². The molecule has 0 aliphatic carbocycles. The number of amidine groups is 1. The molecule has 2 N–H and O–H groups in total. The molecule has 3 aromatic rings. The number of imide groups is 3. The second kappa shape index (κ2) is 10.9. The summed E-state index contributed by atoms with van der Waals surface area (Å²) in [5, 5.41) is 13.0. The number of para-hydroxylation sites is 3. The Balaban J connectivity index is 1.53. The van der Waals surface area contributed by atoms with Crippen LogP contribution in [0.2, 0.25) is 5.15 Å². The first-order valence-corrected chi connectivity index (χ1v) is 13.2. The van der Waals surface area contributed by atoms with Crippen molar-refractivity contribution in [2.24, 2.45) is 4.99 Å². The third-order valence-electron chi connectivity index (χ3n) is 6.13. The number of nitrogens with one attached hydrogen (secondary N) is 1. The third kappa shape index (κ3) is 5.18. The van der Waals surface area contributed by atoms with Crippen LogP contribution in [-0.4, -0.2) is 61.3 Å². The number of thioether (sulfide) groups is 1. The van der Waals surface area contributed by atoms with Gasteiger partial charge in [-0.2, -0.15) is 0 Å². The number of benzene rings is 2. The number of phenols is 1. The van der Waals surface area contributed by atoms with Crippen LogP contribution in [0.15, 0.2) is 58.4 Å². The lowest BCUT2D eigenvalue weighted by Crippen LogP contribution is -2.56. The zero-order valence-electron chi connectivity index (χ0n) is 20.9. The topological polar surface area (TPSA) is 149 Å². The summed E-state index contributed by atoms with van der Waals surface area (Å²) < 4.78 is 0. The Morgan fingerprint density at radius 1 is 1.18 bits per heavy atom. The minimum Gasteiger partial charge on any atom is -0.506 e. The number of aromatic hydroxyl groups is 1. The highest BCUT2D eigenvalue weighted by atomic mass is 35.5. The van der Waals surface area contributed by atoms with Gasteiger partial charge in [-0.3, -0.25) is 29.4 Å². The number of carbonyl (C=O) groups excluding carboxylic acids is 5. The number of carbonyl (C=O) groups is 5. The predicted octanol–water partition coefficient (Wildman–Crippen LogP) is 3.76. The number of barbiturate groups is 1. The maximum absolute atomic E-state index is 13.5. The van der Waals surface area contributed by atoms with Crippen molar-refractivity contribution in [3.8, 4) is 5.75 Å². The van der Waals surface area contributed by atoms with Crippen LogP contribution in [0.4, 0.5) is 10.5 Å². The van der Waals surface area contributed by atoms with Crippen LogP contribution >= 0.6 is 23.4 Å². The van der Waals surface area contributed by atoms with E-state index < -0.39 is 42.6 Å². The SMILES string of the molecule is CCc1cccc2cc(/C=C3\SC(=Nc4ccccc4O)N(C(=O)CN4C(=O)CC(=O)NC4=O)C3=O)c(Cl)nc12. The van der Waals surface area contributed by atoms with Crippen LogP contribution in [0.3, 0.4) is 0 Å². The molecule has 0 atom stereocenters. The van der Waals surface area contributed by atoms with E-state index in [1.807, 2.05) is 30.4 Å². The summed E-state index contributed by atoms with van der Waals surface area (Å²) in [6.07, 6.45) is 1.62. The molecule has 2 aromatic carbocycles. The van der Waals surface area contributed by atoms with Crippen LogP contribution < -0.4 is 5.32 Å². The van der Waals surface area contributed by atoms with Crippen LogP contribution in [-0.2, 0) is 25.6 Å². The van der Waals surface area contributed by atoms with Crippen molar-refractivity contribution in [2.75, 3.05) is 6.54 Å². The number of fused-ring (bicyclic) bond motifs is 1. The first-order chi connectivity index (χ1) is 19.2. The van der Waals surface area contributed by atoms with Gasteiger partial charge in [0.25, 0.3) is 11.8 Å². The molecule has 11 nitrogen and oxygen atoms in total. The number of pyridine rings is 1. The summed E-state index contributed by atoms with van der Waals surface area (Å²) in [5.41, 5.74) is 2.27. The highest BCUT2D eigenvalue weighted by molar-refractivity contribution is 8.18. The fraction of sp³-hybridized carbons (Fsp3) is 0.148. The Kier molecular flexibility index (Phi) is 7.37. The first kappa shape index (κ1) is 27.0. The van der Waals surface area contributed by atoms with Crippen molar-refractivity contribution in [3.05, 3.63) is 69.7 Å². The Bertz CT molecular complexity index is 1670. The van der Waals surface area contributed by atoms with E-state index in [4.69, 9.17) is 11.6 Å². The number of aromatic nitrogens is 1. The molecule has 5 rings (SSSR count). The average Bonchev–Trinajstić information content (AvgIpc) is 3.21. The summed E-state index contributed by atoms with van der Waals surface area (Å²) in [7, 11) is 0. The minimum atomic E-state index is -1.07. The average molecular weight is 578 g/mol. The van der Waals surface area contributed by atoms with E-state index in [0.29, 0.717) is 10.5 Å². The summed E-state index contributed by atoms with van der Waals surface area (Å²) >= 11 is 7.33. The fourth-order valence-electron chi connectivity index (χ4n) is 4.15. The van der Waals surface area contributed by atoms with Crippen molar-refractivity contribution in [3.63, 3.8) is 0 Å². The lowest BCUT2D eigenvalue weighted by Gasteiger charge is -2.25. The molecule has 40 heavy (non-hydrogen) atoms. The number of hydrogen-bond donors (Lipinski definition) is 2. The molecule has 0 spiro atoms. The summed E-state index contributed by atoms with van der Waals surface area (Å²) in [6.45, 7) is 1.19. The fourth-order valence-corrected chi connectivity index (χ4v) is 5.33. The number of hydrogen-bond acceptors (Lipinski definition) is 9. The van der Waals surface area contributed by atoms with Crippen molar-refractivity contribution < 1.29 is 29.1 Å². The standard InChI is InChI=1S/C27H20ClN5O6S/c1-2-14-6-5-7-15-10-16(24(28)31-23(14)15)11-19-25(38)33(27(40-19)29-17-8-3-4-9-18(17)34)22(37)13-32-21(36)12-20(35)30-26(32)39/h3-11,34H,2,12-13H2,1H3,(H,30,35,39)/b19-11-,29-27?. The number of phenolic OH excluding ortho intramolecular Hbond substituents is 1. The zero-order valence-corrected chi connectivity index (χ0v) is 22.5. The van der Waals surface area contributed by atoms with E-state index in [0.717, 1.165) is 39.5 Å². The molecule has 2 fully saturated rings. The molecule has 202 valence electrons. The predicted molar refractivity (Wildman–Crippen MR) is 149 cm³/mol. The van der Waals surface area contributed by atoms with E-state index in [1.54, 1.807) is 18.2 Å². The summed E-state index contributed by atoms with van der Waals surface area (Å²) in [6, 6.07) is 12.5. The molecule has 6 amide bonds. The highest BCUT2D eigenvalue weighted by Gasteiger charge is 2.41. The maximum Gasteiger partial charge on any atom is 0.331 e. The molecule has 0 unspecified atom stereocenters. The second-order valence-corrected chi connectivity index (χ2v) is 10.1. The quantitative estimate of drug-likeness (QED) is 0.264. The molecule has 2 saturated heterocycles. The van der Waals surface area contributed by atoms with Crippen molar-refractivity contribution in [1.29, 1.82) is 0 Å². The van der Waals surface area contributed by atoms with Gasteiger partial charge >= 0.3 is 6.03 Å². The van der Waals surface area contributed by atoms with Gasteiger partial charge in [0.2, 0.25) is 11.8 Å². The molecule has 0 saturated carbocycles. The van der Waals surface area contributed by atoms with Crippen LogP contribution in [0.25, 0.3) is 17.0 Å². The normalized spacial score (nSPS) is 17.9. The molecule has 2 aliphatic heterocycles. The second-order valence-electron chi connectivity index (χ2n) is 8.75. The number of aliphatic imine (C=N–C) groups is 1. The van der Waals surface area contributed by atoms with Crippen LogP contribution in [0.1, 0.15) is 24.5 Å². The maximum atomic E-state index is 13.5. The third-order valence-corrected chi connectivity index (χ3v) is 7.40. The Hall–Kier alpha value is -4.55. The lowest BCUT2D eigenvalue weighted by atomic mass is 10.1. The number of aryl methyl sites for hydroxylation is 1. The lowest BCUT2D eigenvalue weighted by molar-refractivity contribution is -0.143. The zero-order chi connectivity index (χ0) is 28.6. The molecular formula is C27H20ClN5O6S. The van der Waals surface area contributed by atoms with E-state index in [-0.39, 0.29) is 26.7 Å². The van der Waals surface area contributed by atoms with Gasteiger partial charge in [0.15, 0.2) is 5.17 Å². The van der Waals surface area contributed by atoms with Gasteiger partial charge in [0.05, 0.1) is 10.4 Å². The Morgan fingerprint density at radius 2 is 1.95 bits per heavy atom. The smallest absolute Gasteiger partial charge is 0.331 e. The van der Waals surface area contributed by atoms with Gasteiger partial charge in [-0.15, -0.1) is 0 Å². The Labute approximate surface area is 236 Å². The van der Waals surface area contributed by atoms with Crippen molar-refractivity contribution >= 4 is 80.9 Å². The molecule has 13 heteroatoms. The minimum absolute atomic E-state index is 0.0711. The van der Waals surface area contributed by atoms with E-state index >= 15 is 0 Å². The van der Waals surface area contributed by atoms with E-state index in [2.05, 4.69) is 9.98 Å². The van der Waals surface area contributed by atoms with Gasteiger partial charge in [-0.1, -0.05) is 48.9 Å². The number of rotatable bonds is 5. The first-order valence-electron chi connectivity index (χ1n) is 12.0. The van der Waals surface area contributed by atoms with Gasteiger partial charge in [-0.25, -0.2) is 19.7 Å². The highest BCUT2D eigenvalue weighted by Crippen LogP contribution is 2.37. The number of amides is 6. The Morgan fingerprint density at radius 3 is 2.67 bits per heavy atom. The summed E-state index contributed by atoms with van der Waals surface area (Å²) in [4.78, 5) is 72.9. The van der Waals surface area contributed by atoms with Gasteiger partial charge < -0.3 is 5.11 Å². The number of nitrogens with zero attached hydrogens (tertiary/aromatic N) is 4. The van der Waals surface area contributed by atoms with Crippen LogP contribution in [0.5, 0.6) is 5.75 Å². The van der Waals surface area contributed by atoms with Gasteiger partial charge in [-0.05, 0) is 48.0 Å². The number of urea groups is 1. The summed E-state index contributed by atoms with van der Waals surface area (Å²) in [5.74, 6) is -3.57. The molecule has 1 aromatic heterocycles. The van der Waals surface area contributed by atoms with E-state index in [9.17, 15) is 29.1 Å². The molecule has 2 aliphatic rings. The molecular weight excluding hydrogens is 558 g/mol. The van der Waals surface area contributed by atoms with Gasteiger partial charge in [0.1, 0.15) is 29.6 Å². The number of halogens is 1. The van der Waals surface area contributed by atoms with Crippen molar-refractivity contribution in [1.82, 2.24) is 20.1 Å². The van der Waals surface area contributed by atoms with E-state index in [1.165, 1.54) is 18.2 Å². The van der Waals surface area contributed by atoms with Crippen LogP contribution in [0, 0.1) is 0 Å². The molecule has 3 heterocycles. The largest absolute Gasteiger partial charge is 0.506 e. The van der Waals surface area contributed by atoms with Crippen molar-refractivity contribution in [2.45, 2.75) is 19.8 Å². The molecule has 0 bridgehead atoms. The monoisotopic (exact) mass is 577 g/mol.